The average Bonchev–Trinajstić information content (AvgIpc) is 3.17. The van der Waals surface area contributed by atoms with Crippen LogP contribution in [0.5, 0.6) is 0 Å². The molecule has 2 N–H and O–H groups in total. The van der Waals surface area contributed by atoms with Crippen LogP contribution in [0.1, 0.15) is 24.1 Å². The maximum Gasteiger partial charge on any atom is 0.228 e. The van der Waals surface area contributed by atoms with E-state index in [4.69, 9.17) is 0 Å². The molecule has 0 aliphatic carbocycles. The van der Waals surface area contributed by atoms with Gasteiger partial charge in [0.2, 0.25) is 11.9 Å². The first-order chi connectivity index (χ1) is 14.2. The van der Waals surface area contributed by atoms with Crippen LogP contribution in [0.2, 0.25) is 0 Å². The number of aromatic nitrogens is 3. The monoisotopic (exact) mass is 408 g/mol. The van der Waals surface area contributed by atoms with E-state index in [-0.39, 0.29) is 18.4 Å². The van der Waals surface area contributed by atoms with Gasteiger partial charge in [-0.2, -0.15) is 0 Å². The Kier molecular flexibility index (Phi) is 6.43. The van der Waals surface area contributed by atoms with E-state index in [0.717, 1.165) is 38.2 Å². The Balaban J connectivity index is 1.20. The topological polar surface area (TPSA) is 83.0 Å². The van der Waals surface area contributed by atoms with Crippen LogP contribution >= 0.6 is 11.3 Å². The minimum atomic E-state index is 0.0271. The Hall–Kier alpha value is -2.84. The molecule has 3 aromatic rings. The Morgan fingerprint density at radius 2 is 1.86 bits per heavy atom. The second kappa shape index (κ2) is 9.58. The second-order valence-corrected chi connectivity index (χ2v) is 7.98. The predicted molar refractivity (Wildman–Crippen MR) is 114 cm³/mol. The molecule has 0 spiro atoms. The first kappa shape index (κ1) is 19.5. The highest BCUT2D eigenvalue weighted by Gasteiger charge is 2.21. The van der Waals surface area contributed by atoms with Crippen LogP contribution < -0.4 is 10.6 Å². The van der Waals surface area contributed by atoms with Gasteiger partial charge in [-0.25, -0.2) is 15.0 Å². The molecule has 0 atom stereocenters. The molecule has 8 heteroatoms. The van der Waals surface area contributed by atoms with E-state index in [0.29, 0.717) is 11.1 Å². The number of benzene rings is 1. The van der Waals surface area contributed by atoms with Gasteiger partial charge in [0, 0.05) is 43.4 Å². The van der Waals surface area contributed by atoms with Crippen molar-refractivity contribution in [1.82, 2.24) is 25.2 Å². The van der Waals surface area contributed by atoms with Gasteiger partial charge >= 0.3 is 0 Å². The summed E-state index contributed by atoms with van der Waals surface area (Å²) in [6.45, 7) is 2.98. The number of hydrogen-bond donors (Lipinski definition) is 2. The van der Waals surface area contributed by atoms with Gasteiger partial charge in [0.25, 0.3) is 0 Å². The zero-order chi connectivity index (χ0) is 19.9. The fraction of sp³-hybridized carbons (Fsp3) is 0.333. The maximum atomic E-state index is 12.4. The number of carbonyl (C=O) groups is 1. The molecule has 7 nitrogen and oxygen atoms in total. The van der Waals surface area contributed by atoms with Crippen LogP contribution in [0, 0.1) is 0 Å². The smallest absolute Gasteiger partial charge is 0.228 e. The Labute approximate surface area is 174 Å². The van der Waals surface area contributed by atoms with Gasteiger partial charge in [0.1, 0.15) is 0 Å². The number of nitrogens with zero attached hydrogens (tertiary/aromatic N) is 4. The van der Waals surface area contributed by atoms with Crippen molar-refractivity contribution in [2.75, 3.05) is 18.4 Å². The number of nitrogens with one attached hydrogen (secondary N) is 2. The van der Waals surface area contributed by atoms with Gasteiger partial charge in [0.15, 0.2) is 5.13 Å². The van der Waals surface area contributed by atoms with E-state index >= 15 is 0 Å². The van der Waals surface area contributed by atoms with Crippen molar-refractivity contribution in [1.29, 1.82) is 0 Å². The third-order valence-electron chi connectivity index (χ3n) is 4.88. The van der Waals surface area contributed by atoms with Gasteiger partial charge in [-0.1, -0.05) is 30.3 Å². The quantitative estimate of drug-likeness (QED) is 0.625. The highest BCUT2D eigenvalue weighted by Crippen LogP contribution is 2.19. The highest BCUT2D eigenvalue weighted by molar-refractivity contribution is 7.13. The van der Waals surface area contributed by atoms with Crippen molar-refractivity contribution in [3.05, 3.63) is 65.4 Å². The molecule has 3 heterocycles. The fourth-order valence-electron chi connectivity index (χ4n) is 3.43. The molecular weight excluding hydrogens is 384 g/mol. The van der Waals surface area contributed by atoms with Crippen LogP contribution in [0.4, 0.5) is 11.1 Å². The van der Waals surface area contributed by atoms with Crippen molar-refractivity contribution in [3.8, 4) is 0 Å². The van der Waals surface area contributed by atoms with Crippen molar-refractivity contribution >= 4 is 28.3 Å². The standard InChI is InChI=1S/C21H24N6OS/c28-19(13-18-15-29-21(25-18)26-20-22-9-4-10-23-20)24-17-7-11-27(12-8-17)14-16-5-2-1-3-6-16/h1-6,9-10,15,17H,7-8,11-14H2,(H,24,28)(H,22,23,25,26). The third-order valence-corrected chi connectivity index (χ3v) is 5.69. The highest BCUT2D eigenvalue weighted by atomic mass is 32.1. The molecule has 1 fully saturated rings. The van der Waals surface area contributed by atoms with Crippen molar-refractivity contribution in [2.45, 2.75) is 31.8 Å². The number of anilines is 2. The fourth-order valence-corrected chi connectivity index (χ4v) is 4.13. The van der Waals surface area contributed by atoms with Gasteiger partial charge in [-0.15, -0.1) is 11.3 Å². The molecule has 2 aromatic heterocycles. The van der Waals surface area contributed by atoms with E-state index in [1.54, 1.807) is 18.5 Å². The molecule has 29 heavy (non-hydrogen) atoms. The summed E-state index contributed by atoms with van der Waals surface area (Å²) in [5.41, 5.74) is 2.09. The lowest BCUT2D eigenvalue weighted by molar-refractivity contribution is -0.121. The molecule has 0 unspecified atom stereocenters. The summed E-state index contributed by atoms with van der Waals surface area (Å²) in [7, 11) is 0. The summed E-state index contributed by atoms with van der Waals surface area (Å²) < 4.78 is 0. The number of amides is 1. The molecule has 1 aliphatic rings. The Bertz CT molecular complexity index is 909. The number of rotatable bonds is 7. The molecule has 1 amide bonds. The minimum absolute atomic E-state index is 0.0271. The summed E-state index contributed by atoms with van der Waals surface area (Å²) in [5, 5.41) is 8.80. The third kappa shape index (κ3) is 5.82. The van der Waals surface area contributed by atoms with E-state index in [2.05, 4.69) is 54.8 Å². The van der Waals surface area contributed by atoms with Crippen LogP contribution in [0.15, 0.2) is 54.2 Å². The van der Waals surface area contributed by atoms with E-state index in [1.807, 2.05) is 11.4 Å². The predicted octanol–water partition coefficient (Wildman–Crippen LogP) is 3.00. The largest absolute Gasteiger partial charge is 0.353 e. The average molecular weight is 409 g/mol. The molecule has 1 saturated heterocycles. The molecule has 4 rings (SSSR count). The number of hydrogen-bond acceptors (Lipinski definition) is 7. The molecule has 0 saturated carbocycles. The lowest BCUT2D eigenvalue weighted by Crippen LogP contribution is -2.44. The lowest BCUT2D eigenvalue weighted by Gasteiger charge is -2.32. The lowest BCUT2D eigenvalue weighted by atomic mass is 10.0. The molecular formula is C21H24N6OS. The summed E-state index contributed by atoms with van der Waals surface area (Å²) in [6, 6.07) is 12.5. The first-order valence-electron chi connectivity index (χ1n) is 9.79. The minimum Gasteiger partial charge on any atom is -0.353 e. The number of likely N-dealkylation sites (tertiary alicyclic amines) is 1. The first-order valence-corrected chi connectivity index (χ1v) is 10.7. The van der Waals surface area contributed by atoms with Gasteiger partial charge < -0.3 is 10.6 Å². The number of piperidine rings is 1. The van der Waals surface area contributed by atoms with Crippen LogP contribution in [-0.2, 0) is 17.8 Å². The van der Waals surface area contributed by atoms with Crippen molar-refractivity contribution in [3.63, 3.8) is 0 Å². The molecule has 1 aliphatic heterocycles. The van der Waals surface area contributed by atoms with E-state index in [9.17, 15) is 4.79 Å². The summed E-state index contributed by atoms with van der Waals surface area (Å²) in [4.78, 5) is 27.5. The molecule has 0 radical (unpaired) electrons. The summed E-state index contributed by atoms with van der Waals surface area (Å²) >= 11 is 1.44. The SMILES string of the molecule is O=C(Cc1csc(Nc2ncccn2)n1)NC1CCN(Cc2ccccc2)CC1. The van der Waals surface area contributed by atoms with Gasteiger partial charge in [-0.05, 0) is 24.5 Å². The molecule has 1 aromatic carbocycles. The van der Waals surface area contributed by atoms with E-state index < -0.39 is 0 Å². The second-order valence-electron chi connectivity index (χ2n) is 7.12. The zero-order valence-corrected chi connectivity index (χ0v) is 16.9. The van der Waals surface area contributed by atoms with Crippen molar-refractivity contribution < 1.29 is 4.79 Å². The van der Waals surface area contributed by atoms with Crippen LogP contribution in [0.25, 0.3) is 0 Å². The van der Waals surface area contributed by atoms with Gasteiger partial charge in [-0.3, -0.25) is 9.69 Å². The van der Waals surface area contributed by atoms with Gasteiger partial charge in [0.05, 0.1) is 12.1 Å². The number of thiazole rings is 1. The van der Waals surface area contributed by atoms with Crippen LogP contribution in [-0.4, -0.2) is 44.9 Å². The molecule has 0 bridgehead atoms. The normalized spacial score (nSPS) is 15.2. The van der Waals surface area contributed by atoms with Crippen LogP contribution in [0.3, 0.4) is 0 Å². The van der Waals surface area contributed by atoms with E-state index in [1.165, 1.54) is 16.9 Å². The summed E-state index contributed by atoms with van der Waals surface area (Å²) in [6.07, 6.45) is 5.59. The zero-order valence-electron chi connectivity index (χ0n) is 16.1. The van der Waals surface area contributed by atoms with Crippen molar-refractivity contribution in [2.24, 2.45) is 0 Å². The number of carbonyl (C=O) groups excluding carboxylic acids is 1. The Morgan fingerprint density at radius 3 is 2.62 bits per heavy atom. The Morgan fingerprint density at radius 1 is 1.10 bits per heavy atom. The molecule has 150 valence electrons. The maximum absolute atomic E-state index is 12.4. The summed E-state index contributed by atoms with van der Waals surface area (Å²) in [5.74, 6) is 0.527.